The van der Waals surface area contributed by atoms with E-state index < -0.39 is 6.17 Å². The minimum absolute atomic E-state index is 0.174. The number of benzene rings is 3. The average Bonchev–Trinajstić information content (AvgIpc) is 2.72. The van der Waals surface area contributed by atoms with Crippen LogP contribution in [0.25, 0.3) is 21.9 Å². The maximum Gasteiger partial charge on any atom is 0.128 e. The van der Waals surface area contributed by atoms with Crippen LogP contribution in [0, 0.1) is 17.2 Å². The number of aryl methyl sites for hydroxylation is 1. The Kier molecular flexibility index (Phi) is 4.94. The second-order valence-electron chi connectivity index (χ2n) is 7.60. The van der Waals surface area contributed by atoms with Crippen molar-refractivity contribution in [1.82, 2.24) is 0 Å². The number of halogens is 1. The number of fused-ring (bicyclic) bond motifs is 3. The number of nitriles is 1. The minimum Gasteiger partial charge on any atom is -0.242 e. The van der Waals surface area contributed by atoms with E-state index in [1.807, 2.05) is 30.3 Å². The first-order valence-electron chi connectivity index (χ1n) is 9.91. The van der Waals surface area contributed by atoms with E-state index >= 15 is 4.39 Å². The van der Waals surface area contributed by atoms with Gasteiger partial charge in [0.2, 0.25) is 0 Å². The van der Waals surface area contributed by atoms with Crippen molar-refractivity contribution in [1.29, 1.82) is 5.26 Å². The summed E-state index contributed by atoms with van der Waals surface area (Å²) in [5.41, 5.74) is 4.98. The lowest BCUT2D eigenvalue weighted by molar-refractivity contribution is 0.193. The second-order valence-corrected chi connectivity index (χ2v) is 7.60. The van der Waals surface area contributed by atoms with E-state index in [1.54, 1.807) is 0 Å². The summed E-state index contributed by atoms with van der Waals surface area (Å²) >= 11 is 0. The Hall–Kier alpha value is -2.66. The van der Waals surface area contributed by atoms with Crippen molar-refractivity contribution in [3.63, 3.8) is 0 Å². The number of rotatable bonds is 4. The van der Waals surface area contributed by atoms with Crippen molar-refractivity contribution in [3.05, 3.63) is 71.3 Å². The van der Waals surface area contributed by atoms with Gasteiger partial charge < -0.3 is 0 Å². The normalized spacial score (nSPS) is 18.9. The topological polar surface area (TPSA) is 23.8 Å². The monoisotopic (exact) mass is 357 g/mol. The highest BCUT2D eigenvalue weighted by atomic mass is 19.1. The van der Waals surface area contributed by atoms with Crippen LogP contribution in [-0.4, -0.2) is 0 Å². The van der Waals surface area contributed by atoms with Crippen molar-refractivity contribution >= 4 is 10.8 Å². The lowest BCUT2D eigenvalue weighted by Crippen LogP contribution is -2.18. The van der Waals surface area contributed by atoms with E-state index in [2.05, 4.69) is 37.3 Å². The summed E-state index contributed by atoms with van der Waals surface area (Å²) in [6, 6.07) is 20.3. The van der Waals surface area contributed by atoms with Gasteiger partial charge in [-0.1, -0.05) is 56.2 Å². The molecule has 4 rings (SSSR count). The largest absolute Gasteiger partial charge is 0.242 e. The molecule has 0 aromatic heterocycles. The molecular weight excluding hydrogens is 333 g/mol. The van der Waals surface area contributed by atoms with Gasteiger partial charge in [-0.3, -0.25) is 0 Å². The van der Waals surface area contributed by atoms with Gasteiger partial charge in [-0.05, 0) is 76.4 Å². The predicted molar refractivity (Wildman–Crippen MR) is 109 cm³/mol. The van der Waals surface area contributed by atoms with Crippen LogP contribution in [0.4, 0.5) is 4.39 Å². The summed E-state index contributed by atoms with van der Waals surface area (Å²) in [6.45, 7) is 2.17. The molecular formula is C25H24FN. The van der Waals surface area contributed by atoms with Crippen LogP contribution in [0.1, 0.15) is 55.5 Å². The molecule has 0 N–H and O–H groups in total. The van der Waals surface area contributed by atoms with Crippen molar-refractivity contribution in [2.45, 2.75) is 45.2 Å². The van der Waals surface area contributed by atoms with Gasteiger partial charge in [-0.15, -0.1) is 0 Å². The quantitative estimate of drug-likeness (QED) is 0.487. The first-order chi connectivity index (χ1) is 13.2. The molecule has 2 heteroatoms. The Morgan fingerprint density at radius 1 is 1.04 bits per heavy atom. The van der Waals surface area contributed by atoms with Gasteiger partial charge in [0.05, 0.1) is 11.6 Å². The molecule has 0 spiro atoms. The molecule has 0 bridgehead atoms. The van der Waals surface area contributed by atoms with E-state index in [0.717, 1.165) is 54.2 Å². The van der Waals surface area contributed by atoms with Crippen LogP contribution in [0.5, 0.6) is 0 Å². The predicted octanol–water partition coefficient (Wildman–Crippen LogP) is 7.14. The molecule has 3 aromatic carbocycles. The van der Waals surface area contributed by atoms with Gasteiger partial charge >= 0.3 is 0 Å². The molecule has 0 aliphatic heterocycles. The Morgan fingerprint density at radius 2 is 1.81 bits per heavy atom. The van der Waals surface area contributed by atoms with Crippen LogP contribution in [0.2, 0.25) is 0 Å². The number of unbranched alkanes of at least 4 members (excludes halogenated alkanes) is 1. The van der Waals surface area contributed by atoms with Crippen molar-refractivity contribution in [3.8, 4) is 17.2 Å². The van der Waals surface area contributed by atoms with Gasteiger partial charge in [0.25, 0.3) is 0 Å². The summed E-state index contributed by atoms with van der Waals surface area (Å²) < 4.78 is 15.1. The fourth-order valence-electron chi connectivity index (χ4n) is 4.35. The number of nitrogens with zero attached hydrogens (tertiary/aromatic N) is 1. The Labute approximate surface area is 160 Å². The summed E-state index contributed by atoms with van der Waals surface area (Å²) in [4.78, 5) is 0. The second kappa shape index (κ2) is 7.53. The number of hydrogen-bond donors (Lipinski definition) is 0. The van der Waals surface area contributed by atoms with Crippen molar-refractivity contribution < 1.29 is 4.39 Å². The summed E-state index contributed by atoms with van der Waals surface area (Å²) in [5, 5.41) is 11.3. The van der Waals surface area contributed by atoms with Crippen LogP contribution < -0.4 is 0 Å². The lowest BCUT2D eigenvalue weighted by Gasteiger charge is -2.29. The van der Waals surface area contributed by atoms with Gasteiger partial charge in [-0.2, -0.15) is 5.26 Å². The smallest absolute Gasteiger partial charge is 0.128 e. The highest BCUT2D eigenvalue weighted by Gasteiger charge is 2.29. The molecule has 2 atom stereocenters. The standard InChI is InChI=1S/C25H24FN/c1-2-3-4-19-9-13-23-22-12-10-20(18-7-5-17(16-27)6-8-18)15-21(22)11-14-24(23)25(19)26/h5-8,10-12,14-15,19,25H,2-4,9,13H2,1H3/t19-,25+/m0/s1. The third-order valence-electron chi connectivity index (χ3n) is 5.92. The number of hydrogen-bond acceptors (Lipinski definition) is 1. The SMILES string of the molecule is CCCC[C@H]1CCc2c(ccc3cc(-c4ccc(C#N)cc4)ccc23)[C@@H]1F. The van der Waals surface area contributed by atoms with E-state index in [0.29, 0.717) is 5.56 Å². The first-order valence-corrected chi connectivity index (χ1v) is 9.91. The molecule has 1 aliphatic carbocycles. The average molecular weight is 357 g/mol. The lowest BCUT2D eigenvalue weighted by atomic mass is 9.78. The Morgan fingerprint density at radius 3 is 2.56 bits per heavy atom. The molecule has 27 heavy (non-hydrogen) atoms. The molecule has 0 unspecified atom stereocenters. The van der Waals surface area contributed by atoms with Gasteiger partial charge in [0.1, 0.15) is 6.17 Å². The zero-order valence-electron chi connectivity index (χ0n) is 15.7. The first kappa shape index (κ1) is 17.7. The molecule has 0 saturated carbocycles. The fraction of sp³-hybridized carbons (Fsp3) is 0.320. The Bertz CT molecular complexity index is 997. The zero-order chi connectivity index (χ0) is 18.8. The van der Waals surface area contributed by atoms with Gasteiger partial charge in [0.15, 0.2) is 0 Å². The third-order valence-corrected chi connectivity index (χ3v) is 5.92. The van der Waals surface area contributed by atoms with Crippen LogP contribution in [0.3, 0.4) is 0 Å². The van der Waals surface area contributed by atoms with Crippen LogP contribution in [-0.2, 0) is 6.42 Å². The van der Waals surface area contributed by atoms with E-state index in [-0.39, 0.29) is 5.92 Å². The highest BCUT2D eigenvalue weighted by Crippen LogP contribution is 2.42. The van der Waals surface area contributed by atoms with E-state index in [4.69, 9.17) is 5.26 Å². The highest BCUT2D eigenvalue weighted by molar-refractivity contribution is 5.91. The molecule has 0 radical (unpaired) electrons. The van der Waals surface area contributed by atoms with Crippen molar-refractivity contribution in [2.24, 2.45) is 5.92 Å². The molecule has 1 aliphatic rings. The summed E-state index contributed by atoms with van der Waals surface area (Å²) in [7, 11) is 0. The molecule has 3 aromatic rings. The van der Waals surface area contributed by atoms with Crippen LogP contribution >= 0.6 is 0 Å². The van der Waals surface area contributed by atoms with Crippen molar-refractivity contribution in [2.75, 3.05) is 0 Å². The minimum atomic E-state index is -0.831. The van der Waals surface area contributed by atoms with Gasteiger partial charge in [0, 0.05) is 0 Å². The summed E-state index contributed by atoms with van der Waals surface area (Å²) in [6.07, 6.45) is 4.33. The number of alkyl halides is 1. The molecule has 0 heterocycles. The Balaban J connectivity index is 1.69. The molecule has 0 amide bonds. The van der Waals surface area contributed by atoms with E-state index in [9.17, 15) is 0 Å². The van der Waals surface area contributed by atoms with Gasteiger partial charge in [-0.25, -0.2) is 4.39 Å². The molecule has 0 fully saturated rings. The zero-order valence-corrected chi connectivity index (χ0v) is 15.7. The molecule has 1 nitrogen and oxygen atoms in total. The fourth-order valence-corrected chi connectivity index (χ4v) is 4.35. The maximum absolute atomic E-state index is 15.1. The third kappa shape index (κ3) is 3.35. The molecule has 136 valence electrons. The van der Waals surface area contributed by atoms with E-state index in [1.165, 1.54) is 10.9 Å². The molecule has 0 saturated heterocycles. The maximum atomic E-state index is 15.1. The summed E-state index contributed by atoms with van der Waals surface area (Å²) in [5.74, 6) is 0.174. The van der Waals surface area contributed by atoms with Crippen LogP contribution in [0.15, 0.2) is 54.6 Å².